The largest absolute Gasteiger partial charge is 0.309 e. The molecule has 0 aliphatic heterocycles. The fraction of sp³-hybridized carbons (Fsp3) is 0. The maximum absolute atomic E-state index is 15.6. The summed E-state index contributed by atoms with van der Waals surface area (Å²) in [5.41, 5.74) is 7.50. The number of nitrogens with zero attached hydrogens (tertiary/aromatic N) is 1. The minimum atomic E-state index is -0.816. The Labute approximate surface area is 394 Å². The summed E-state index contributed by atoms with van der Waals surface area (Å²) in [6.45, 7) is 0. The Balaban J connectivity index is 1.18. The summed E-state index contributed by atoms with van der Waals surface area (Å²) >= 11 is 0. The second-order valence-electron chi connectivity index (χ2n) is 17.0. The van der Waals surface area contributed by atoms with Crippen molar-refractivity contribution in [1.29, 1.82) is 0 Å². The zero-order valence-corrected chi connectivity index (χ0v) is 36.3. The van der Waals surface area contributed by atoms with Crippen molar-refractivity contribution >= 4 is 21.8 Å². The molecule has 11 aromatic rings. The van der Waals surface area contributed by atoms with E-state index in [1.807, 2.05) is 65.2 Å². The van der Waals surface area contributed by atoms with Gasteiger partial charge in [-0.15, -0.1) is 0 Å². The van der Waals surface area contributed by atoms with Crippen molar-refractivity contribution in [2.45, 2.75) is 0 Å². The van der Waals surface area contributed by atoms with Crippen LogP contribution >= 0.6 is 0 Å². The van der Waals surface area contributed by atoms with E-state index < -0.39 is 52.4 Å². The van der Waals surface area contributed by atoms with Crippen LogP contribution in [0.5, 0.6) is 0 Å². The van der Waals surface area contributed by atoms with E-state index in [9.17, 15) is 35.1 Å². The smallest absolute Gasteiger partial charge is 0.131 e. The number of hydrogen-bond acceptors (Lipinski definition) is 0. The third kappa shape index (κ3) is 8.38. The molecule has 0 aliphatic carbocycles. The van der Waals surface area contributed by atoms with Gasteiger partial charge in [-0.2, -0.15) is 0 Å². The highest BCUT2D eigenvalue weighted by Crippen LogP contribution is 2.43. The standard InChI is InChI=1S/C60H32F9N/c61-45-19-41(20-46(62)29-45)37-13-35(14-38(17-37)42-21-47(63)30-48(64)22-42)33-9-11-59-55(27-33)56-28-34(10-12-60(56)70(59)58-8-4-2-6-54(58)53-5-1-3-7-57(53)69)36-15-39(43-23-49(65)31-50(66)24-43)18-40(16-36)44-25-51(67)32-52(68)26-44/h1-32H. The quantitative estimate of drug-likeness (QED) is 0.134. The fourth-order valence-corrected chi connectivity index (χ4v) is 9.36. The van der Waals surface area contributed by atoms with Gasteiger partial charge in [0.1, 0.15) is 52.4 Å². The molecule has 0 bridgehead atoms. The molecule has 10 heteroatoms. The van der Waals surface area contributed by atoms with Crippen LogP contribution in [0, 0.1) is 52.4 Å². The molecule has 0 saturated carbocycles. The molecule has 1 heterocycles. The van der Waals surface area contributed by atoms with Crippen LogP contribution < -0.4 is 0 Å². The highest BCUT2D eigenvalue weighted by Gasteiger charge is 2.20. The SMILES string of the molecule is Fc1cc(F)cc(-c2cc(-c3cc(F)cc(F)c3)cc(-c3ccc4c(c3)c3cc(-c5cc(-c6cc(F)cc(F)c6)cc(-c6cc(F)cc(F)c6)c5)ccc3n4-c3ccccc3-c3ccccc3F)c2)c1. The number of para-hydroxylation sites is 1. The van der Waals surface area contributed by atoms with E-state index in [4.69, 9.17) is 0 Å². The minimum absolute atomic E-state index is 0.188. The molecule has 0 fully saturated rings. The van der Waals surface area contributed by atoms with Gasteiger partial charge in [-0.05, 0) is 188 Å². The van der Waals surface area contributed by atoms with Crippen LogP contribution in [0.2, 0.25) is 0 Å². The molecule has 0 spiro atoms. The molecule has 70 heavy (non-hydrogen) atoms. The molecule has 11 rings (SSSR count). The number of halogens is 9. The van der Waals surface area contributed by atoms with Crippen molar-refractivity contribution in [2.24, 2.45) is 0 Å². The zero-order valence-electron chi connectivity index (χ0n) is 36.3. The number of rotatable bonds is 8. The van der Waals surface area contributed by atoms with Crippen LogP contribution in [0.1, 0.15) is 0 Å². The maximum Gasteiger partial charge on any atom is 0.131 e. The summed E-state index contributed by atoms with van der Waals surface area (Å²) in [6, 6.07) is 47.5. The molecule has 0 aliphatic rings. The van der Waals surface area contributed by atoms with Crippen LogP contribution in [0.25, 0.3) is 105 Å². The van der Waals surface area contributed by atoms with Gasteiger partial charge in [0, 0.05) is 46.2 Å². The summed E-state index contributed by atoms with van der Waals surface area (Å²) in [4.78, 5) is 0. The predicted octanol–water partition coefficient (Wildman–Crippen LogP) is 17.7. The Morgan fingerprint density at radius 2 is 0.514 bits per heavy atom. The lowest BCUT2D eigenvalue weighted by Gasteiger charge is -2.15. The molecule has 0 N–H and O–H groups in total. The molecule has 1 nitrogen and oxygen atoms in total. The highest BCUT2D eigenvalue weighted by atomic mass is 19.2. The average Bonchev–Trinajstić information content (AvgIpc) is 3.65. The summed E-state index contributed by atoms with van der Waals surface area (Å²) in [5.74, 6) is -6.96. The predicted molar refractivity (Wildman–Crippen MR) is 258 cm³/mol. The number of fused-ring (bicyclic) bond motifs is 3. The Kier molecular flexibility index (Phi) is 11.0. The molecule has 0 saturated heterocycles. The van der Waals surface area contributed by atoms with Gasteiger partial charge in [0.25, 0.3) is 0 Å². The van der Waals surface area contributed by atoms with E-state index in [1.165, 1.54) is 54.6 Å². The van der Waals surface area contributed by atoms with Crippen LogP contribution in [0.4, 0.5) is 39.5 Å². The van der Waals surface area contributed by atoms with Gasteiger partial charge in [-0.3, -0.25) is 0 Å². The van der Waals surface area contributed by atoms with Gasteiger partial charge in [-0.25, -0.2) is 39.5 Å². The lowest BCUT2D eigenvalue weighted by Crippen LogP contribution is -1.98. The normalized spacial score (nSPS) is 11.5. The third-order valence-corrected chi connectivity index (χ3v) is 12.4. The van der Waals surface area contributed by atoms with Gasteiger partial charge in [-0.1, -0.05) is 48.5 Å². The van der Waals surface area contributed by atoms with Gasteiger partial charge in [0.2, 0.25) is 0 Å². The van der Waals surface area contributed by atoms with Crippen LogP contribution in [-0.4, -0.2) is 4.57 Å². The minimum Gasteiger partial charge on any atom is -0.309 e. The van der Waals surface area contributed by atoms with Gasteiger partial charge >= 0.3 is 0 Å². The maximum atomic E-state index is 15.6. The van der Waals surface area contributed by atoms with E-state index in [-0.39, 0.29) is 22.3 Å². The fourth-order valence-electron chi connectivity index (χ4n) is 9.36. The molecule has 0 atom stereocenters. The second-order valence-corrected chi connectivity index (χ2v) is 17.0. The number of benzene rings is 10. The van der Waals surface area contributed by atoms with E-state index in [1.54, 1.807) is 54.6 Å². The first-order valence-electron chi connectivity index (χ1n) is 21.9. The van der Waals surface area contributed by atoms with Crippen molar-refractivity contribution in [3.8, 4) is 83.6 Å². The molecule has 340 valence electrons. The number of hydrogen-bond donors (Lipinski definition) is 0. The Hall–Kier alpha value is -8.63. The molecular formula is C60H32F9N. The second kappa shape index (κ2) is 17.5. The topological polar surface area (TPSA) is 4.93 Å². The van der Waals surface area contributed by atoms with Gasteiger partial charge < -0.3 is 4.57 Å². The Bertz CT molecular complexity index is 3480. The first-order chi connectivity index (χ1) is 33.8. The van der Waals surface area contributed by atoms with E-state index in [0.29, 0.717) is 83.1 Å². The van der Waals surface area contributed by atoms with E-state index in [0.717, 1.165) is 24.3 Å². The monoisotopic (exact) mass is 937 g/mol. The lowest BCUT2D eigenvalue weighted by atomic mass is 9.92. The van der Waals surface area contributed by atoms with Crippen molar-refractivity contribution in [2.75, 3.05) is 0 Å². The highest BCUT2D eigenvalue weighted by molar-refractivity contribution is 6.12. The summed E-state index contributed by atoms with van der Waals surface area (Å²) in [7, 11) is 0. The first kappa shape index (κ1) is 43.9. The summed E-state index contributed by atoms with van der Waals surface area (Å²) in [6.07, 6.45) is 0. The van der Waals surface area contributed by atoms with Crippen LogP contribution in [0.15, 0.2) is 194 Å². The molecule has 10 aromatic carbocycles. The number of aromatic nitrogens is 1. The molecule has 0 amide bonds. The third-order valence-electron chi connectivity index (χ3n) is 12.4. The van der Waals surface area contributed by atoms with Crippen molar-refractivity contribution in [3.05, 3.63) is 246 Å². The van der Waals surface area contributed by atoms with E-state index >= 15 is 4.39 Å². The van der Waals surface area contributed by atoms with Gasteiger partial charge in [0.15, 0.2) is 0 Å². The van der Waals surface area contributed by atoms with E-state index in [2.05, 4.69) is 0 Å². The van der Waals surface area contributed by atoms with Gasteiger partial charge in [0.05, 0.1) is 16.7 Å². The van der Waals surface area contributed by atoms with Crippen molar-refractivity contribution in [1.82, 2.24) is 4.57 Å². The first-order valence-corrected chi connectivity index (χ1v) is 21.9. The van der Waals surface area contributed by atoms with Crippen LogP contribution in [-0.2, 0) is 0 Å². The van der Waals surface area contributed by atoms with Crippen LogP contribution in [0.3, 0.4) is 0 Å². The summed E-state index contributed by atoms with van der Waals surface area (Å²) in [5, 5.41) is 1.38. The Morgan fingerprint density at radius 1 is 0.229 bits per heavy atom. The average molecular weight is 938 g/mol. The van der Waals surface area contributed by atoms with Crippen molar-refractivity contribution < 1.29 is 39.5 Å². The molecule has 0 radical (unpaired) electrons. The lowest BCUT2D eigenvalue weighted by molar-refractivity contribution is 0.583. The summed E-state index contributed by atoms with van der Waals surface area (Å²) < 4.78 is 135. The Morgan fingerprint density at radius 3 is 0.857 bits per heavy atom. The molecule has 1 aromatic heterocycles. The molecular weight excluding hydrogens is 906 g/mol. The molecule has 0 unspecified atom stereocenters. The zero-order chi connectivity index (χ0) is 48.4. The van der Waals surface area contributed by atoms with Crippen molar-refractivity contribution in [3.63, 3.8) is 0 Å².